The van der Waals surface area contributed by atoms with E-state index in [2.05, 4.69) is 10.6 Å². The van der Waals surface area contributed by atoms with E-state index < -0.39 is 6.10 Å². The first-order valence-corrected chi connectivity index (χ1v) is 8.73. The number of benzene rings is 2. The number of carbonyl (C=O) groups is 1. The molecule has 2 aromatic rings. The minimum atomic E-state index is -0.575. The van der Waals surface area contributed by atoms with E-state index in [1.54, 1.807) is 0 Å². The van der Waals surface area contributed by atoms with Gasteiger partial charge in [0.15, 0.2) is 0 Å². The van der Waals surface area contributed by atoms with Crippen LogP contribution in [0.2, 0.25) is 0 Å². The van der Waals surface area contributed by atoms with Crippen molar-refractivity contribution in [1.29, 1.82) is 0 Å². The second-order valence-corrected chi connectivity index (χ2v) is 6.20. The van der Waals surface area contributed by atoms with Crippen molar-refractivity contribution in [1.82, 2.24) is 10.6 Å². The second kappa shape index (κ2) is 8.53. The number of aliphatic hydroxyl groups is 1. The summed E-state index contributed by atoms with van der Waals surface area (Å²) in [5.41, 5.74) is 1.87. The lowest BCUT2D eigenvalue weighted by Gasteiger charge is -2.19. The Kier molecular flexibility index (Phi) is 5.90. The van der Waals surface area contributed by atoms with Crippen LogP contribution in [-0.4, -0.2) is 24.3 Å². The van der Waals surface area contributed by atoms with Crippen molar-refractivity contribution in [3.8, 4) is 5.75 Å². The first kappa shape index (κ1) is 17.3. The number of urea groups is 1. The summed E-state index contributed by atoms with van der Waals surface area (Å²) >= 11 is 0. The normalized spacial score (nSPS) is 17.6. The Morgan fingerprint density at radius 3 is 2.76 bits per heavy atom. The number of hydrogen-bond acceptors (Lipinski definition) is 3. The van der Waals surface area contributed by atoms with Crippen LogP contribution < -0.4 is 15.4 Å². The Bertz CT molecular complexity index is 690. The molecule has 2 amide bonds. The number of aliphatic hydroxyl groups excluding tert-OH is 1. The number of fused-ring (bicyclic) bond motifs is 1. The molecule has 1 aliphatic rings. The molecule has 0 spiro atoms. The zero-order valence-electron chi connectivity index (χ0n) is 14.2. The maximum Gasteiger partial charge on any atom is 0.315 e. The van der Waals surface area contributed by atoms with E-state index in [0.29, 0.717) is 19.6 Å². The number of amides is 2. The van der Waals surface area contributed by atoms with Crippen molar-refractivity contribution < 1.29 is 14.6 Å². The molecule has 3 rings (SSSR count). The van der Waals surface area contributed by atoms with E-state index in [-0.39, 0.29) is 12.1 Å². The lowest BCUT2D eigenvalue weighted by atomic mass is 10.0. The van der Waals surface area contributed by atoms with E-state index >= 15 is 0 Å². The van der Waals surface area contributed by atoms with Gasteiger partial charge in [-0.2, -0.15) is 0 Å². The molecule has 2 aromatic carbocycles. The third kappa shape index (κ3) is 4.73. The van der Waals surface area contributed by atoms with Crippen LogP contribution in [0.1, 0.15) is 42.5 Å². The smallest absolute Gasteiger partial charge is 0.315 e. The minimum Gasteiger partial charge on any atom is -0.493 e. The average molecular weight is 340 g/mol. The molecule has 1 heterocycles. The van der Waals surface area contributed by atoms with Crippen LogP contribution in [0.5, 0.6) is 5.75 Å². The van der Waals surface area contributed by atoms with Gasteiger partial charge in [0.05, 0.1) is 18.8 Å². The number of para-hydroxylation sites is 1. The summed E-state index contributed by atoms with van der Waals surface area (Å²) < 4.78 is 5.72. The van der Waals surface area contributed by atoms with E-state index in [1.165, 1.54) is 0 Å². The zero-order valence-corrected chi connectivity index (χ0v) is 14.2. The molecule has 0 bridgehead atoms. The number of hydrogen-bond donors (Lipinski definition) is 3. The summed E-state index contributed by atoms with van der Waals surface area (Å²) in [5.74, 6) is 0.838. The van der Waals surface area contributed by atoms with Crippen LogP contribution in [0.4, 0.5) is 4.79 Å². The lowest BCUT2D eigenvalue weighted by Crippen LogP contribution is -2.38. The SMILES string of the molecule is O=C(NCCC(O)c1ccccc1)NC1CCCOc2ccccc21. The number of nitrogens with one attached hydrogen (secondary N) is 2. The Morgan fingerprint density at radius 2 is 1.92 bits per heavy atom. The molecule has 5 nitrogen and oxygen atoms in total. The number of rotatable bonds is 5. The predicted octanol–water partition coefficient (Wildman–Crippen LogP) is 3.32. The highest BCUT2D eigenvalue weighted by Crippen LogP contribution is 2.30. The molecule has 0 radical (unpaired) electrons. The van der Waals surface area contributed by atoms with Crippen LogP contribution in [0.3, 0.4) is 0 Å². The minimum absolute atomic E-state index is 0.0576. The van der Waals surface area contributed by atoms with Gasteiger partial charge in [0.25, 0.3) is 0 Å². The summed E-state index contributed by atoms with van der Waals surface area (Å²) in [6, 6.07) is 17.0. The molecule has 0 saturated heterocycles. The van der Waals surface area contributed by atoms with Crippen molar-refractivity contribution >= 4 is 6.03 Å². The van der Waals surface area contributed by atoms with Crippen molar-refractivity contribution in [2.45, 2.75) is 31.4 Å². The van der Waals surface area contributed by atoms with Gasteiger partial charge in [-0.15, -0.1) is 0 Å². The third-order valence-corrected chi connectivity index (χ3v) is 4.38. The van der Waals surface area contributed by atoms with Gasteiger partial charge in [0, 0.05) is 12.1 Å². The fourth-order valence-electron chi connectivity index (χ4n) is 3.05. The zero-order chi connectivity index (χ0) is 17.5. The van der Waals surface area contributed by atoms with Crippen LogP contribution in [0, 0.1) is 0 Å². The van der Waals surface area contributed by atoms with Gasteiger partial charge in [-0.3, -0.25) is 0 Å². The maximum absolute atomic E-state index is 12.2. The maximum atomic E-state index is 12.2. The molecule has 0 saturated carbocycles. The highest BCUT2D eigenvalue weighted by atomic mass is 16.5. The van der Waals surface area contributed by atoms with Crippen LogP contribution >= 0.6 is 0 Å². The molecule has 0 fully saturated rings. The monoisotopic (exact) mass is 340 g/mol. The van der Waals surface area contributed by atoms with Gasteiger partial charge in [0.1, 0.15) is 5.75 Å². The fraction of sp³-hybridized carbons (Fsp3) is 0.350. The molecule has 3 N–H and O–H groups in total. The van der Waals surface area contributed by atoms with Crippen molar-refractivity contribution in [2.75, 3.05) is 13.2 Å². The average Bonchev–Trinajstić information content (AvgIpc) is 2.85. The van der Waals surface area contributed by atoms with E-state index in [0.717, 1.165) is 29.7 Å². The van der Waals surface area contributed by atoms with Crippen LogP contribution in [-0.2, 0) is 0 Å². The summed E-state index contributed by atoms with van der Waals surface area (Å²) in [6.45, 7) is 1.08. The molecular weight excluding hydrogens is 316 g/mol. The van der Waals surface area contributed by atoms with Gasteiger partial charge in [0.2, 0.25) is 0 Å². The largest absolute Gasteiger partial charge is 0.493 e. The molecule has 132 valence electrons. The van der Waals surface area contributed by atoms with E-state index in [4.69, 9.17) is 4.74 Å². The quantitative estimate of drug-likeness (QED) is 0.782. The second-order valence-electron chi connectivity index (χ2n) is 6.20. The fourth-order valence-corrected chi connectivity index (χ4v) is 3.05. The highest BCUT2D eigenvalue weighted by Gasteiger charge is 2.21. The lowest BCUT2D eigenvalue weighted by molar-refractivity contribution is 0.166. The molecule has 5 heteroatoms. The predicted molar refractivity (Wildman–Crippen MR) is 96.5 cm³/mol. The highest BCUT2D eigenvalue weighted by molar-refractivity contribution is 5.74. The Labute approximate surface area is 148 Å². The molecule has 0 aliphatic carbocycles. The summed E-state index contributed by atoms with van der Waals surface area (Å²) in [7, 11) is 0. The van der Waals surface area contributed by atoms with Gasteiger partial charge >= 0.3 is 6.03 Å². The molecule has 2 atom stereocenters. The third-order valence-electron chi connectivity index (χ3n) is 4.38. The molecular formula is C20H24N2O3. The van der Waals surface area contributed by atoms with Crippen molar-refractivity contribution in [2.24, 2.45) is 0 Å². The van der Waals surface area contributed by atoms with Gasteiger partial charge in [-0.25, -0.2) is 4.79 Å². The Balaban J connectivity index is 1.49. The first-order valence-electron chi connectivity index (χ1n) is 8.73. The van der Waals surface area contributed by atoms with Crippen molar-refractivity contribution in [3.63, 3.8) is 0 Å². The molecule has 2 unspecified atom stereocenters. The Morgan fingerprint density at radius 1 is 1.16 bits per heavy atom. The van der Waals surface area contributed by atoms with Crippen LogP contribution in [0.15, 0.2) is 54.6 Å². The van der Waals surface area contributed by atoms with Gasteiger partial charge in [-0.1, -0.05) is 48.5 Å². The van der Waals surface area contributed by atoms with E-state index in [1.807, 2.05) is 54.6 Å². The summed E-state index contributed by atoms with van der Waals surface area (Å²) in [5, 5.41) is 16.0. The summed E-state index contributed by atoms with van der Waals surface area (Å²) in [6.07, 6.45) is 1.64. The summed E-state index contributed by atoms with van der Waals surface area (Å²) in [4.78, 5) is 12.2. The van der Waals surface area contributed by atoms with E-state index in [9.17, 15) is 9.90 Å². The molecule has 1 aliphatic heterocycles. The number of ether oxygens (including phenoxy) is 1. The number of carbonyl (C=O) groups excluding carboxylic acids is 1. The standard InChI is InChI=1S/C20H24N2O3/c23-18(15-7-2-1-3-8-15)12-13-21-20(24)22-17-10-6-14-25-19-11-5-4-9-16(17)19/h1-5,7-9,11,17-18,23H,6,10,12-14H2,(H2,21,22,24). The van der Waals surface area contributed by atoms with Crippen molar-refractivity contribution in [3.05, 3.63) is 65.7 Å². The van der Waals surface area contributed by atoms with Gasteiger partial charge in [-0.05, 0) is 30.9 Å². The molecule has 0 aromatic heterocycles. The molecule has 25 heavy (non-hydrogen) atoms. The van der Waals surface area contributed by atoms with Gasteiger partial charge < -0.3 is 20.5 Å². The topological polar surface area (TPSA) is 70.6 Å². The van der Waals surface area contributed by atoms with Crippen LogP contribution in [0.25, 0.3) is 0 Å². The first-order chi connectivity index (χ1) is 12.2. The Hall–Kier alpha value is -2.53.